The second kappa shape index (κ2) is 4.93. The molecule has 68 valence electrons. The molecule has 0 aromatic carbocycles. The first-order valence-electron chi connectivity index (χ1n) is 4.31. The topological polar surface area (TPSA) is 38.3 Å². The van der Waals surface area contributed by atoms with E-state index in [0.29, 0.717) is 5.92 Å². The van der Waals surface area contributed by atoms with Gasteiger partial charge in [-0.3, -0.25) is 4.79 Å². The Hall–Kier alpha value is -0.830. The van der Waals surface area contributed by atoms with Crippen molar-refractivity contribution >= 4 is 5.91 Å². The molecule has 0 spiro atoms. The van der Waals surface area contributed by atoms with Gasteiger partial charge < -0.3 is 10.1 Å². The highest BCUT2D eigenvalue weighted by molar-refractivity contribution is 5.86. The zero-order valence-electron chi connectivity index (χ0n) is 7.21. The van der Waals surface area contributed by atoms with Crippen LogP contribution in [-0.2, 0) is 9.53 Å². The van der Waals surface area contributed by atoms with E-state index < -0.39 is 0 Å². The summed E-state index contributed by atoms with van der Waals surface area (Å²) >= 11 is 0. The quantitative estimate of drug-likeness (QED) is 0.629. The highest BCUT2D eigenvalue weighted by Gasteiger charge is 2.14. The van der Waals surface area contributed by atoms with Gasteiger partial charge in [-0.15, -0.1) is 0 Å². The number of rotatable bonds is 4. The third-order valence-electron chi connectivity index (χ3n) is 2.06. The van der Waals surface area contributed by atoms with E-state index in [1.807, 2.05) is 0 Å². The Bertz CT molecular complexity index is 162. The second-order valence-corrected chi connectivity index (χ2v) is 3.01. The summed E-state index contributed by atoms with van der Waals surface area (Å²) in [5.41, 5.74) is 0. The third kappa shape index (κ3) is 3.05. The van der Waals surface area contributed by atoms with Crippen molar-refractivity contribution in [3.63, 3.8) is 0 Å². The van der Waals surface area contributed by atoms with Gasteiger partial charge in [0.2, 0.25) is 5.91 Å². The van der Waals surface area contributed by atoms with Crippen LogP contribution in [0.2, 0.25) is 0 Å². The minimum absolute atomic E-state index is 0.0890. The fraction of sp³-hybridized carbons (Fsp3) is 0.667. The van der Waals surface area contributed by atoms with Crippen LogP contribution in [0.3, 0.4) is 0 Å². The lowest BCUT2D eigenvalue weighted by Crippen LogP contribution is -2.23. The Labute approximate surface area is 72.8 Å². The van der Waals surface area contributed by atoms with Crippen LogP contribution in [0.4, 0.5) is 0 Å². The molecule has 3 nitrogen and oxygen atoms in total. The number of amides is 1. The Morgan fingerprint density at radius 2 is 2.58 bits per heavy atom. The Morgan fingerprint density at radius 1 is 1.75 bits per heavy atom. The van der Waals surface area contributed by atoms with Gasteiger partial charge in [0.05, 0.1) is 0 Å². The summed E-state index contributed by atoms with van der Waals surface area (Å²) in [6.07, 6.45) is 3.44. The molecule has 0 bridgehead atoms. The molecule has 1 fully saturated rings. The number of hydrogen-bond donors (Lipinski definition) is 1. The van der Waals surface area contributed by atoms with E-state index in [1.165, 1.54) is 6.08 Å². The van der Waals surface area contributed by atoms with E-state index in [1.54, 1.807) is 0 Å². The molecule has 1 aliphatic rings. The maximum absolute atomic E-state index is 10.7. The molecular formula is C9H15NO2. The predicted octanol–water partition coefficient (Wildman–Crippen LogP) is 0.715. The summed E-state index contributed by atoms with van der Waals surface area (Å²) < 4.78 is 5.21. The van der Waals surface area contributed by atoms with E-state index in [2.05, 4.69) is 11.9 Å². The molecule has 1 saturated heterocycles. The number of carbonyl (C=O) groups excluding carboxylic acids is 1. The smallest absolute Gasteiger partial charge is 0.243 e. The van der Waals surface area contributed by atoms with Crippen LogP contribution in [-0.4, -0.2) is 25.7 Å². The number of hydrogen-bond acceptors (Lipinski definition) is 2. The van der Waals surface area contributed by atoms with Gasteiger partial charge in [-0.25, -0.2) is 0 Å². The monoisotopic (exact) mass is 169 g/mol. The molecule has 3 heteroatoms. The maximum atomic E-state index is 10.7. The molecule has 1 unspecified atom stereocenters. The summed E-state index contributed by atoms with van der Waals surface area (Å²) in [5, 5.41) is 2.75. The van der Waals surface area contributed by atoms with E-state index in [0.717, 1.165) is 32.6 Å². The fourth-order valence-electron chi connectivity index (χ4n) is 1.28. The van der Waals surface area contributed by atoms with Gasteiger partial charge in [-0.1, -0.05) is 6.58 Å². The molecule has 1 amide bonds. The van der Waals surface area contributed by atoms with Crippen molar-refractivity contribution in [2.24, 2.45) is 5.92 Å². The molecule has 1 N–H and O–H groups in total. The number of carbonyl (C=O) groups is 1. The summed E-state index contributed by atoms with van der Waals surface area (Å²) in [4.78, 5) is 10.7. The van der Waals surface area contributed by atoms with Gasteiger partial charge in [0.25, 0.3) is 0 Å². The van der Waals surface area contributed by atoms with Crippen LogP contribution in [0.1, 0.15) is 12.8 Å². The van der Waals surface area contributed by atoms with Crippen LogP contribution in [0, 0.1) is 5.92 Å². The summed E-state index contributed by atoms with van der Waals surface area (Å²) in [5.74, 6) is 0.545. The van der Waals surface area contributed by atoms with Crippen molar-refractivity contribution < 1.29 is 9.53 Å². The molecule has 0 aromatic heterocycles. The molecule has 0 radical (unpaired) electrons. The molecule has 12 heavy (non-hydrogen) atoms. The molecular weight excluding hydrogens is 154 g/mol. The second-order valence-electron chi connectivity index (χ2n) is 3.01. The third-order valence-corrected chi connectivity index (χ3v) is 2.06. The highest BCUT2D eigenvalue weighted by atomic mass is 16.5. The molecule has 1 aliphatic heterocycles. The first-order valence-corrected chi connectivity index (χ1v) is 4.31. The van der Waals surface area contributed by atoms with Crippen LogP contribution in [0.25, 0.3) is 0 Å². The van der Waals surface area contributed by atoms with Gasteiger partial charge in [-0.2, -0.15) is 0 Å². The first kappa shape index (κ1) is 9.26. The molecule has 1 atom stereocenters. The predicted molar refractivity (Wildman–Crippen MR) is 46.7 cm³/mol. The van der Waals surface area contributed by atoms with Gasteiger partial charge >= 0.3 is 0 Å². The largest absolute Gasteiger partial charge is 0.381 e. The van der Waals surface area contributed by atoms with Crippen molar-refractivity contribution in [3.05, 3.63) is 12.7 Å². The Balaban J connectivity index is 2.01. The summed E-state index contributed by atoms with van der Waals surface area (Å²) in [7, 11) is 0. The summed E-state index contributed by atoms with van der Waals surface area (Å²) in [6, 6.07) is 0. The SMILES string of the molecule is C=CC(=O)NCCC1CCOC1. The molecule has 0 aliphatic carbocycles. The minimum atomic E-state index is -0.0890. The van der Waals surface area contributed by atoms with Gasteiger partial charge in [0.15, 0.2) is 0 Å². The summed E-state index contributed by atoms with van der Waals surface area (Å²) in [6.45, 7) is 5.84. The molecule has 1 heterocycles. The van der Waals surface area contributed by atoms with E-state index in [4.69, 9.17) is 4.74 Å². The fourth-order valence-corrected chi connectivity index (χ4v) is 1.28. The van der Waals surface area contributed by atoms with Gasteiger partial charge in [-0.05, 0) is 24.8 Å². The highest BCUT2D eigenvalue weighted by Crippen LogP contribution is 2.14. The maximum Gasteiger partial charge on any atom is 0.243 e. The van der Waals surface area contributed by atoms with Crippen LogP contribution in [0.5, 0.6) is 0 Å². The van der Waals surface area contributed by atoms with Crippen LogP contribution >= 0.6 is 0 Å². The van der Waals surface area contributed by atoms with Crippen molar-refractivity contribution in [2.45, 2.75) is 12.8 Å². The molecule has 0 saturated carbocycles. The lowest BCUT2D eigenvalue weighted by molar-refractivity contribution is -0.116. The lowest BCUT2D eigenvalue weighted by atomic mass is 10.1. The Morgan fingerprint density at radius 3 is 3.17 bits per heavy atom. The molecule has 0 aromatic rings. The standard InChI is InChI=1S/C9H15NO2/c1-2-9(11)10-5-3-8-4-6-12-7-8/h2,8H,1,3-7H2,(H,10,11). The average Bonchev–Trinajstić information content (AvgIpc) is 2.57. The van der Waals surface area contributed by atoms with Crippen LogP contribution < -0.4 is 5.32 Å². The van der Waals surface area contributed by atoms with E-state index in [-0.39, 0.29) is 5.91 Å². The minimum Gasteiger partial charge on any atom is -0.381 e. The van der Waals surface area contributed by atoms with Gasteiger partial charge in [0, 0.05) is 19.8 Å². The number of nitrogens with one attached hydrogen (secondary N) is 1. The normalized spacial score (nSPS) is 22.2. The zero-order valence-corrected chi connectivity index (χ0v) is 7.21. The zero-order chi connectivity index (χ0) is 8.81. The van der Waals surface area contributed by atoms with E-state index in [9.17, 15) is 4.79 Å². The lowest BCUT2D eigenvalue weighted by Gasteiger charge is -2.06. The van der Waals surface area contributed by atoms with Gasteiger partial charge in [0.1, 0.15) is 0 Å². The van der Waals surface area contributed by atoms with E-state index >= 15 is 0 Å². The van der Waals surface area contributed by atoms with Crippen molar-refractivity contribution in [1.29, 1.82) is 0 Å². The van der Waals surface area contributed by atoms with Crippen molar-refractivity contribution in [3.8, 4) is 0 Å². The number of ether oxygens (including phenoxy) is 1. The van der Waals surface area contributed by atoms with Crippen molar-refractivity contribution in [2.75, 3.05) is 19.8 Å². The Kier molecular flexibility index (Phi) is 3.80. The van der Waals surface area contributed by atoms with Crippen LogP contribution in [0.15, 0.2) is 12.7 Å². The van der Waals surface area contributed by atoms with Crippen molar-refractivity contribution in [1.82, 2.24) is 5.32 Å². The molecule has 1 rings (SSSR count). The average molecular weight is 169 g/mol. The first-order chi connectivity index (χ1) is 5.83.